The Balaban J connectivity index is 1.86. The Labute approximate surface area is 131 Å². The van der Waals surface area contributed by atoms with Crippen molar-refractivity contribution in [1.82, 2.24) is 14.5 Å². The summed E-state index contributed by atoms with van der Waals surface area (Å²) < 4.78 is 15.1. The van der Waals surface area contributed by atoms with E-state index in [0.29, 0.717) is 12.2 Å². The van der Waals surface area contributed by atoms with Crippen LogP contribution >= 0.6 is 0 Å². The van der Waals surface area contributed by atoms with E-state index in [9.17, 15) is 9.18 Å². The van der Waals surface area contributed by atoms with Crippen molar-refractivity contribution in [2.75, 3.05) is 5.32 Å². The van der Waals surface area contributed by atoms with Crippen LogP contribution in [0.1, 0.15) is 23.6 Å². The number of amides is 1. The summed E-state index contributed by atoms with van der Waals surface area (Å²) in [5.41, 5.74) is 2.63. The number of rotatable bonds is 2. The van der Waals surface area contributed by atoms with Gasteiger partial charge in [-0.2, -0.15) is 0 Å². The standard InChI is InChI=1S/C17H13FN4O/c18-12-3-5-13(6-4-12)22-10-20-17-16(22)14(8-15(23)21-17)11-2-1-7-19-9-11/h1-7,9-10,14H,8H2,(H,21,23). The first-order chi connectivity index (χ1) is 11.2. The van der Waals surface area contributed by atoms with Crippen LogP contribution in [0.4, 0.5) is 10.2 Å². The molecule has 1 aliphatic heterocycles. The lowest BCUT2D eigenvalue weighted by Gasteiger charge is -2.24. The maximum atomic E-state index is 13.2. The quantitative estimate of drug-likeness (QED) is 0.792. The van der Waals surface area contributed by atoms with Crippen LogP contribution in [0, 0.1) is 5.82 Å². The summed E-state index contributed by atoms with van der Waals surface area (Å²) in [5.74, 6) is 0.0370. The van der Waals surface area contributed by atoms with E-state index in [1.165, 1.54) is 12.1 Å². The highest BCUT2D eigenvalue weighted by atomic mass is 19.1. The minimum Gasteiger partial charge on any atom is -0.309 e. The molecule has 5 nitrogen and oxygen atoms in total. The lowest BCUT2D eigenvalue weighted by Crippen LogP contribution is -2.25. The molecule has 3 aromatic rings. The number of fused-ring (bicyclic) bond motifs is 1. The molecule has 0 aliphatic carbocycles. The zero-order chi connectivity index (χ0) is 15.8. The number of hydrogen-bond donors (Lipinski definition) is 1. The van der Waals surface area contributed by atoms with E-state index in [4.69, 9.17) is 0 Å². The van der Waals surface area contributed by atoms with Gasteiger partial charge in [0.25, 0.3) is 0 Å². The van der Waals surface area contributed by atoms with Crippen LogP contribution in [0.15, 0.2) is 55.1 Å². The Hall–Kier alpha value is -3.02. The molecule has 1 aromatic carbocycles. The molecule has 0 fully saturated rings. The van der Waals surface area contributed by atoms with Crippen molar-refractivity contribution < 1.29 is 9.18 Å². The lowest BCUT2D eigenvalue weighted by molar-refractivity contribution is -0.116. The predicted octanol–water partition coefficient (Wildman–Crippen LogP) is 2.88. The third-order valence-corrected chi connectivity index (χ3v) is 3.97. The monoisotopic (exact) mass is 308 g/mol. The zero-order valence-corrected chi connectivity index (χ0v) is 12.1. The molecule has 1 atom stereocenters. The van der Waals surface area contributed by atoms with Crippen molar-refractivity contribution in [3.8, 4) is 5.69 Å². The van der Waals surface area contributed by atoms with Crippen LogP contribution in [-0.2, 0) is 4.79 Å². The van der Waals surface area contributed by atoms with Gasteiger partial charge in [0, 0.05) is 30.4 Å². The number of benzene rings is 1. The van der Waals surface area contributed by atoms with Gasteiger partial charge in [0.2, 0.25) is 5.91 Å². The van der Waals surface area contributed by atoms with Crippen LogP contribution in [0.5, 0.6) is 0 Å². The number of halogens is 1. The number of nitrogens with one attached hydrogen (secondary N) is 1. The Morgan fingerprint density at radius 2 is 2.04 bits per heavy atom. The maximum absolute atomic E-state index is 13.2. The van der Waals surface area contributed by atoms with E-state index >= 15 is 0 Å². The van der Waals surface area contributed by atoms with Gasteiger partial charge in [-0.25, -0.2) is 9.37 Å². The van der Waals surface area contributed by atoms with Gasteiger partial charge in [-0.1, -0.05) is 6.07 Å². The van der Waals surface area contributed by atoms with E-state index in [2.05, 4.69) is 15.3 Å². The van der Waals surface area contributed by atoms with Crippen molar-refractivity contribution in [1.29, 1.82) is 0 Å². The fourth-order valence-corrected chi connectivity index (χ4v) is 2.92. The smallest absolute Gasteiger partial charge is 0.226 e. The molecule has 114 valence electrons. The van der Waals surface area contributed by atoms with Crippen molar-refractivity contribution in [3.63, 3.8) is 0 Å². The second-order valence-electron chi connectivity index (χ2n) is 5.42. The van der Waals surface area contributed by atoms with Crippen LogP contribution in [-0.4, -0.2) is 20.4 Å². The van der Waals surface area contributed by atoms with Gasteiger partial charge in [0.05, 0.1) is 5.69 Å². The summed E-state index contributed by atoms with van der Waals surface area (Å²) in [6.45, 7) is 0. The Kier molecular flexibility index (Phi) is 3.15. The number of carbonyl (C=O) groups excluding carboxylic acids is 1. The topological polar surface area (TPSA) is 59.8 Å². The summed E-state index contributed by atoms with van der Waals surface area (Å²) in [4.78, 5) is 20.4. The fourth-order valence-electron chi connectivity index (χ4n) is 2.92. The van der Waals surface area contributed by atoms with Gasteiger partial charge in [0.1, 0.15) is 12.1 Å². The minimum absolute atomic E-state index is 0.0734. The van der Waals surface area contributed by atoms with E-state index < -0.39 is 0 Å². The lowest BCUT2D eigenvalue weighted by atomic mass is 9.90. The van der Waals surface area contributed by atoms with Crippen molar-refractivity contribution >= 4 is 11.7 Å². The molecular formula is C17H13FN4O. The van der Waals surface area contributed by atoms with Gasteiger partial charge in [-0.15, -0.1) is 0 Å². The predicted molar refractivity (Wildman–Crippen MR) is 82.8 cm³/mol. The number of imidazole rings is 1. The highest BCUT2D eigenvalue weighted by molar-refractivity contribution is 5.94. The first kappa shape index (κ1) is 13.6. The summed E-state index contributed by atoms with van der Waals surface area (Å²) in [5, 5.41) is 2.80. The number of anilines is 1. The van der Waals surface area contributed by atoms with Crippen LogP contribution in [0.3, 0.4) is 0 Å². The van der Waals surface area contributed by atoms with Gasteiger partial charge >= 0.3 is 0 Å². The molecule has 0 bridgehead atoms. The molecule has 23 heavy (non-hydrogen) atoms. The average molecular weight is 308 g/mol. The summed E-state index contributed by atoms with van der Waals surface area (Å²) in [6, 6.07) is 9.98. The van der Waals surface area contributed by atoms with E-state index in [1.54, 1.807) is 30.9 Å². The third-order valence-electron chi connectivity index (χ3n) is 3.97. The normalized spacial score (nSPS) is 16.7. The summed E-state index contributed by atoms with van der Waals surface area (Å²) in [6.07, 6.45) is 5.43. The molecule has 1 aliphatic rings. The molecule has 0 saturated heterocycles. The van der Waals surface area contributed by atoms with Crippen LogP contribution in [0.25, 0.3) is 5.69 Å². The highest BCUT2D eigenvalue weighted by Crippen LogP contribution is 2.37. The molecule has 6 heteroatoms. The van der Waals surface area contributed by atoms with E-state index in [1.807, 2.05) is 16.7 Å². The fraction of sp³-hybridized carbons (Fsp3) is 0.118. The molecule has 3 heterocycles. The molecule has 0 radical (unpaired) electrons. The first-order valence-electron chi connectivity index (χ1n) is 7.25. The SMILES string of the molecule is O=C1CC(c2cccnc2)c2c(ncn2-c2ccc(F)cc2)N1. The molecule has 2 aromatic heterocycles. The van der Waals surface area contributed by atoms with E-state index in [0.717, 1.165) is 16.9 Å². The van der Waals surface area contributed by atoms with Gasteiger partial charge in [-0.05, 0) is 35.9 Å². The van der Waals surface area contributed by atoms with Crippen molar-refractivity contribution in [3.05, 3.63) is 72.2 Å². The molecule has 4 rings (SSSR count). The Morgan fingerprint density at radius 3 is 2.78 bits per heavy atom. The summed E-state index contributed by atoms with van der Waals surface area (Å²) in [7, 11) is 0. The molecule has 1 unspecified atom stereocenters. The number of nitrogens with zero attached hydrogens (tertiary/aromatic N) is 3. The summed E-state index contributed by atoms with van der Waals surface area (Å²) >= 11 is 0. The molecular weight excluding hydrogens is 295 g/mol. The molecule has 0 spiro atoms. The minimum atomic E-state index is -0.292. The molecule has 0 saturated carbocycles. The molecule has 1 N–H and O–H groups in total. The second-order valence-corrected chi connectivity index (χ2v) is 5.42. The van der Waals surface area contributed by atoms with Gasteiger partial charge in [-0.3, -0.25) is 9.78 Å². The second kappa shape index (κ2) is 5.31. The van der Waals surface area contributed by atoms with Crippen molar-refractivity contribution in [2.45, 2.75) is 12.3 Å². The largest absolute Gasteiger partial charge is 0.309 e. The highest BCUT2D eigenvalue weighted by Gasteiger charge is 2.31. The Bertz CT molecular complexity index is 858. The number of aromatic nitrogens is 3. The van der Waals surface area contributed by atoms with Crippen LogP contribution < -0.4 is 5.32 Å². The third kappa shape index (κ3) is 2.38. The maximum Gasteiger partial charge on any atom is 0.226 e. The van der Waals surface area contributed by atoms with E-state index in [-0.39, 0.29) is 17.6 Å². The van der Waals surface area contributed by atoms with Gasteiger partial charge < -0.3 is 9.88 Å². The molecule has 1 amide bonds. The number of carbonyl (C=O) groups is 1. The Morgan fingerprint density at radius 1 is 1.22 bits per heavy atom. The number of hydrogen-bond acceptors (Lipinski definition) is 3. The average Bonchev–Trinajstić information content (AvgIpc) is 2.99. The van der Waals surface area contributed by atoms with Crippen LogP contribution in [0.2, 0.25) is 0 Å². The van der Waals surface area contributed by atoms with Crippen molar-refractivity contribution in [2.24, 2.45) is 0 Å². The number of pyridine rings is 1. The van der Waals surface area contributed by atoms with Gasteiger partial charge in [0.15, 0.2) is 5.82 Å². The zero-order valence-electron chi connectivity index (χ0n) is 12.1. The first-order valence-corrected chi connectivity index (χ1v) is 7.25.